The Morgan fingerprint density at radius 3 is 1.23 bits per heavy atom. The van der Waals surface area contributed by atoms with Crippen molar-refractivity contribution in [1.29, 1.82) is 0 Å². The lowest BCUT2D eigenvalue weighted by Crippen LogP contribution is -2.42. The Bertz CT molecular complexity index is 1520. The minimum Gasteiger partial charge on any atom is -0.356 e. The van der Waals surface area contributed by atoms with Gasteiger partial charge in [-0.05, 0) is 116 Å². The zero-order valence-electron chi connectivity index (χ0n) is 39.6. The van der Waals surface area contributed by atoms with Gasteiger partial charge in [0.15, 0.2) is 11.6 Å². The molecular weight excluding hydrogens is 1070 g/mol. The Hall–Kier alpha value is -1.52. The lowest BCUT2D eigenvalue weighted by molar-refractivity contribution is -0.139. The van der Waals surface area contributed by atoms with Gasteiger partial charge in [0.2, 0.25) is 11.8 Å². The molecule has 2 rings (SSSR count). The molecule has 2 unspecified atom stereocenters. The number of carbonyl (C=O) groups is 8. The summed E-state index contributed by atoms with van der Waals surface area (Å²) in [5, 5.41) is 11.5. The number of rotatable bonds is 32. The first-order valence-corrected chi connectivity index (χ1v) is 33.1. The second-order valence-corrected chi connectivity index (χ2v) is 22.1. The van der Waals surface area contributed by atoms with E-state index < -0.39 is 11.8 Å². The molecular formula is C43H81N8O8P5S5. The van der Waals surface area contributed by atoms with Gasteiger partial charge in [0.05, 0.1) is 24.8 Å². The fourth-order valence-corrected chi connectivity index (χ4v) is 7.61. The molecule has 0 aromatic carbocycles. The van der Waals surface area contributed by atoms with Crippen LogP contribution in [0, 0.1) is 0 Å². The molecule has 0 bridgehead atoms. The summed E-state index contributed by atoms with van der Waals surface area (Å²) in [6.45, 7) is 12.4. The van der Waals surface area contributed by atoms with Crippen LogP contribution in [-0.2, 0) is 97.4 Å². The highest BCUT2D eigenvalue weighted by molar-refractivity contribution is 8.40. The Balaban J connectivity index is -0.000000208. The summed E-state index contributed by atoms with van der Waals surface area (Å²) in [4.78, 5) is 94.3. The predicted molar refractivity (Wildman–Crippen MR) is 308 cm³/mol. The fraction of sp³-hybridized carbons (Fsp3) is 0.721. The van der Waals surface area contributed by atoms with Gasteiger partial charge in [-0.2, -0.15) is 0 Å². The highest BCUT2D eigenvalue weighted by atomic mass is 32.7. The van der Waals surface area contributed by atoms with Gasteiger partial charge in [0.1, 0.15) is 0 Å². The Morgan fingerprint density at radius 1 is 0.580 bits per heavy atom. The average molecular weight is 1150 g/mol. The zero-order valence-corrected chi connectivity index (χ0v) is 48.2. The van der Waals surface area contributed by atoms with Crippen LogP contribution in [0.15, 0.2) is 24.3 Å². The van der Waals surface area contributed by atoms with Gasteiger partial charge in [-0.3, -0.25) is 53.5 Å². The highest BCUT2D eigenvalue weighted by Gasteiger charge is 2.24. The topological polar surface area (TPSA) is 243 Å². The third-order valence-electron chi connectivity index (χ3n) is 8.66. The van der Waals surface area contributed by atoms with Crippen LogP contribution < -0.4 is 32.7 Å². The van der Waals surface area contributed by atoms with Crippen molar-refractivity contribution in [3.8, 4) is 0 Å². The number of nitrogens with one attached hydrogen (secondary N) is 4. The first-order chi connectivity index (χ1) is 32.2. The maximum Gasteiger partial charge on any atom is 0.253 e. The molecule has 6 amide bonds. The Labute approximate surface area is 447 Å². The van der Waals surface area contributed by atoms with Gasteiger partial charge in [-0.25, -0.2) is 0 Å². The van der Waals surface area contributed by atoms with Gasteiger partial charge in [-0.15, -0.1) is 0 Å². The molecule has 69 heavy (non-hydrogen) atoms. The number of carbonyl (C=O) groups excluding carboxylic acids is 8. The van der Waals surface area contributed by atoms with E-state index in [1.54, 1.807) is 0 Å². The van der Waals surface area contributed by atoms with E-state index in [1.807, 2.05) is 20.8 Å². The third-order valence-corrected chi connectivity index (χ3v) is 14.3. The largest absolute Gasteiger partial charge is 0.356 e. The van der Waals surface area contributed by atoms with E-state index in [-0.39, 0.29) is 101 Å². The van der Waals surface area contributed by atoms with E-state index in [1.165, 1.54) is 62.3 Å². The zero-order chi connectivity index (χ0) is 51.7. The number of imide groups is 2. The second kappa shape index (κ2) is 59.0. The molecule has 26 heteroatoms. The maximum absolute atomic E-state index is 11.9. The number of ketones is 2. The summed E-state index contributed by atoms with van der Waals surface area (Å²) < 4.78 is 0. The number of amides is 6. The Morgan fingerprint density at radius 2 is 0.957 bits per heavy atom. The van der Waals surface area contributed by atoms with E-state index >= 15 is 0 Å². The summed E-state index contributed by atoms with van der Waals surface area (Å²) in [6, 6.07) is -0.522. The van der Waals surface area contributed by atoms with Gasteiger partial charge >= 0.3 is 0 Å². The fourth-order valence-electron chi connectivity index (χ4n) is 5.21. The maximum atomic E-state index is 11.9. The molecule has 0 saturated heterocycles. The first kappa shape index (κ1) is 78.9. The van der Waals surface area contributed by atoms with E-state index in [2.05, 4.69) is 82.3 Å². The van der Waals surface area contributed by atoms with Gasteiger partial charge in [0.25, 0.3) is 23.6 Å². The van der Waals surface area contributed by atoms with Crippen LogP contribution in [0.5, 0.6) is 0 Å². The number of unbranched alkanes of at least 4 members (excludes halogenated alkanes) is 4. The molecule has 0 fully saturated rings. The van der Waals surface area contributed by atoms with Crippen molar-refractivity contribution in [1.82, 2.24) is 31.1 Å². The van der Waals surface area contributed by atoms with Crippen LogP contribution in [0.25, 0.3) is 0 Å². The highest BCUT2D eigenvalue weighted by Crippen LogP contribution is 2.11. The quantitative estimate of drug-likeness (QED) is 0.0173. The molecule has 8 N–H and O–H groups in total. The van der Waals surface area contributed by atoms with Crippen molar-refractivity contribution < 1.29 is 38.4 Å². The normalized spacial score (nSPS) is 12.9. The molecule has 2 aliphatic rings. The van der Waals surface area contributed by atoms with E-state index in [4.69, 9.17) is 23.3 Å². The summed E-state index contributed by atoms with van der Waals surface area (Å²) in [5.41, 5.74) is 10.7. The summed E-state index contributed by atoms with van der Waals surface area (Å²) in [6.07, 6.45) is 17.2. The average Bonchev–Trinajstić information content (AvgIpc) is 3.84. The van der Waals surface area contributed by atoms with Crippen LogP contribution in [0.2, 0.25) is 0 Å². The molecule has 2 heterocycles. The minimum absolute atomic E-state index is 0. The van der Waals surface area contributed by atoms with Crippen molar-refractivity contribution in [2.45, 2.75) is 139 Å². The SMILES string of the molecule is C.C.CC.CCCCP=S.CCCCP=S.CCNC(CCCCNC(=O)CCN1C(=O)C=CC1=O)C(=O)CP=S.NCNC(CCCCNC(=O)CCN1C(=O)C=CC1=O)C(=O)CN.S=PP=S. The van der Waals surface area contributed by atoms with E-state index in [9.17, 15) is 38.4 Å². The second-order valence-electron chi connectivity index (χ2n) is 13.6. The number of nitrogens with zero attached hydrogens (tertiary/aromatic N) is 2. The molecule has 0 aromatic rings. The van der Waals surface area contributed by atoms with Crippen molar-refractivity contribution in [2.75, 3.05) is 64.4 Å². The Kier molecular flexibility index (Phi) is 67.5. The van der Waals surface area contributed by atoms with Gasteiger partial charge < -0.3 is 27.4 Å². The van der Waals surface area contributed by atoms with Gasteiger partial charge in [-0.1, -0.05) is 97.7 Å². The molecule has 0 radical (unpaired) electrons. The molecule has 2 atom stereocenters. The molecule has 396 valence electrons. The van der Waals surface area contributed by atoms with E-state index in [0.717, 1.165) is 70.8 Å². The number of hydrogen-bond acceptors (Lipinski definition) is 17. The first-order valence-electron chi connectivity index (χ1n) is 22.3. The van der Waals surface area contributed by atoms with Crippen LogP contribution in [0.1, 0.15) is 127 Å². The van der Waals surface area contributed by atoms with Crippen LogP contribution in [-0.4, -0.2) is 133 Å². The van der Waals surface area contributed by atoms with Crippen LogP contribution in [0.3, 0.4) is 0 Å². The molecule has 0 aromatic heterocycles. The number of likely N-dealkylation sites (N-methyl/N-ethyl adjacent to an activating group) is 1. The lowest BCUT2D eigenvalue weighted by Gasteiger charge is -2.16. The standard InChI is InChI=1S/C16H24N3O4PS.C15H25N5O4.2C4H9PS.C2H6.2CH4.P2S2/c1-2-17-12(13(20)11-24-25)5-3-4-9-18-14(21)8-10-19-15(22)6-7-16(19)23;16-9-12(21)11(19-10-17)3-1-2-7-18-13(22)6-8-20-14(23)4-5-15(20)24;2*1-2-3-4-5-6;1-2;;;3-1-2-4/h6-7,12,17H,2-5,8-11H2,1H3,(H,18,21);4-5,11,19H,1-3,6-10,16-17H2,(H,18,22);2*2-4H2,1H3;1-2H3;2*1H4;. The summed E-state index contributed by atoms with van der Waals surface area (Å²) in [5.74, 6) is -1.92. The lowest BCUT2D eigenvalue weighted by atomic mass is 10.1. The van der Waals surface area contributed by atoms with Gasteiger partial charge in [0, 0.05) is 84.1 Å². The molecule has 0 saturated carbocycles. The summed E-state index contributed by atoms with van der Waals surface area (Å²) >= 11 is 23.0. The molecule has 0 aliphatic carbocycles. The van der Waals surface area contributed by atoms with Crippen LogP contribution in [0.4, 0.5) is 0 Å². The molecule has 16 nitrogen and oxygen atoms in total. The van der Waals surface area contributed by atoms with Crippen molar-refractivity contribution in [3.63, 3.8) is 0 Å². The predicted octanol–water partition coefficient (Wildman–Crippen LogP) is 6.94. The van der Waals surface area contributed by atoms with E-state index in [0.29, 0.717) is 39.4 Å². The van der Waals surface area contributed by atoms with Crippen molar-refractivity contribution >= 4 is 142 Å². The molecule has 2 aliphatic heterocycles. The number of hydrogen-bond donors (Lipinski definition) is 6. The number of nitrogens with two attached hydrogens (primary N) is 2. The smallest absolute Gasteiger partial charge is 0.253 e. The van der Waals surface area contributed by atoms with Crippen LogP contribution >= 0.6 is 36.2 Å². The minimum atomic E-state index is -0.393. The summed E-state index contributed by atoms with van der Waals surface area (Å²) in [7, 11) is 4.66. The number of Topliss-reactive ketones (excluding diaryl/α,β-unsaturated/α-hetero) is 2. The third kappa shape index (κ3) is 47.3. The van der Waals surface area contributed by atoms with Crippen molar-refractivity contribution in [2.24, 2.45) is 11.5 Å². The van der Waals surface area contributed by atoms with Crippen molar-refractivity contribution in [3.05, 3.63) is 24.3 Å². The molecule has 0 spiro atoms. The monoisotopic (exact) mass is 1150 g/mol.